The Morgan fingerprint density at radius 2 is 2.04 bits per heavy atom. The molecule has 0 spiro atoms. The highest BCUT2D eigenvalue weighted by molar-refractivity contribution is 6.30. The van der Waals surface area contributed by atoms with E-state index in [1.165, 1.54) is 11.1 Å². The lowest BCUT2D eigenvalue weighted by Gasteiger charge is -2.25. The summed E-state index contributed by atoms with van der Waals surface area (Å²) in [6.07, 6.45) is 1.01. The Hall–Kier alpha value is -1.32. The van der Waals surface area contributed by atoms with Crippen molar-refractivity contribution in [3.05, 3.63) is 47.0 Å². The van der Waals surface area contributed by atoms with E-state index in [0.717, 1.165) is 31.1 Å². The summed E-state index contributed by atoms with van der Waals surface area (Å²) in [5, 5.41) is 4.38. The van der Waals surface area contributed by atoms with Crippen molar-refractivity contribution in [1.82, 2.24) is 10.2 Å². The number of halogens is 1. The molecule has 1 aromatic rings. The number of hydrogen-bond acceptors (Lipinski definition) is 2. The summed E-state index contributed by atoms with van der Waals surface area (Å²) in [6.45, 7) is 12.8. The Morgan fingerprint density at radius 1 is 1.39 bits per heavy atom. The van der Waals surface area contributed by atoms with Gasteiger partial charge in [-0.3, -0.25) is 4.79 Å². The van der Waals surface area contributed by atoms with Gasteiger partial charge in [0.1, 0.15) is 0 Å². The first-order valence-electron chi connectivity index (χ1n) is 8.31. The average molecular weight is 335 g/mol. The largest absolute Gasteiger partial charge is 0.341 e. The molecular formula is C19H27ClN2O. The second-order valence-electron chi connectivity index (χ2n) is 6.69. The van der Waals surface area contributed by atoms with Gasteiger partial charge in [-0.15, -0.1) is 0 Å². The zero-order valence-corrected chi connectivity index (χ0v) is 15.1. The van der Waals surface area contributed by atoms with Crippen LogP contribution in [0, 0.1) is 5.92 Å². The first kappa shape index (κ1) is 18.0. The maximum atomic E-state index is 11.5. The molecule has 1 aliphatic heterocycles. The van der Waals surface area contributed by atoms with E-state index < -0.39 is 0 Å². The van der Waals surface area contributed by atoms with Crippen LogP contribution in [0.5, 0.6) is 0 Å². The molecule has 4 heteroatoms. The zero-order valence-electron chi connectivity index (χ0n) is 14.3. The second kappa shape index (κ2) is 7.98. The van der Waals surface area contributed by atoms with E-state index in [0.29, 0.717) is 12.0 Å². The number of nitrogens with zero attached hydrogens (tertiary/aromatic N) is 1. The Bertz CT molecular complexity index is 553. The Kier molecular flexibility index (Phi) is 6.25. The number of carbonyl (C=O) groups is 1. The molecule has 126 valence electrons. The number of likely N-dealkylation sites (tertiary alicyclic amines) is 1. The van der Waals surface area contributed by atoms with E-state index >= 15 is 0 Å². The van der Waals surface area contributed by atoms with Gasteiger partial charge >= 0.3 is 0 Å². The molecule has 2 rings (SSSR count). The first-order valence-corrected chi connectivity index (χ1v) is 8.69. The van der Waals surface area contributed by atoms with Crippen molar-refractivity contribution in [2.24, 2.45) is 5.92 Å². The number of nitrogens with one attached hydrogen (secondary N) is 1. The fraction of sp³-hybridized carbons (Fsp3) is 0.526. The molecule has 0 saturated carbocycles. The van der Waals surface area contributed by atoms with Crippen molar-refractivity contribution in [1.29, 1.82) is 0 Å². The zero-order chi connectivity index (χ0) is 17.0. The minimum atomic E-state index is 0.162. The molecule has 0 aliphatic carbocycles. The van der Waals surface area contributed by atoms with Crippen LogP contribution in [0.1, 0.15) is 38.7 Å². The molecule has 1 fully saturated rings. The van der Waals surface area contributed by atoms with Gasteiger partial charge in [0.25, 0.3) is 0 Å². The van der Waals surface area contributed by atoms with Crippen molar-refractivity contribution in [3.63, 3.8) is 0 Å². The van der Waals surface area contributed by atoms with Crippen molar-refractivity contribution in [2.75, 3.05) is 19.6 Å². The van der Waals surface area contributed by atoms with Crippen LogP contribution >= 0.6 is 11.6 Å². The Balaban J connectivity index is 2.02. The summed E-state index contributed by atoms with van der Waals surface area (Å²) >= 11 is 6.01. The van der Waals surface area contributed by atoms with Crippen molar-refractivity contribution < 1.29 is 4.79 Å². The van der Waals surface area contributed by atoms with E-state index in [2.05, 4.69) is 37.9 Å². The van der Waals surface area contributed by atoms with Crippen LogP contribution in [0.3, 0.4) is 0 Å². The molecule has 23 heavy (non-hydrogen) atoms. The summed E-state index contributed by atoms with van der Waals surface area (Å²) in [7, 11) is 0. The minimum Gasteiger partial charge on any atom is -0.341 e. The number of amides is 1. The standard InChI is InChI=1S/C19H27ClN2O/c1-13(2)14(3)19(16-5-7-17(20)8-6-16)11-21-18-9-10-22(12-18)15(4)23/h5-8,13,18-19,21H,3,9-12H2,1-2,4H3/t18-,19+/m1/s1. The lowest BCUT2D eigenvalue weighted by Crippen LogP contribution is -2.37. The van der Waals surface area contributed by atoms with Gasteiger partial charge in [-0.2, -0.15) is 0 Å². The lowest BCUT2D eigenvalue weighted by atomic mass is 9.85. The van der Waals surface area contributed by atoms with Gasteiger partial charge in [0.05, 0.1) is 0 Å². The van der Waals surface area contributed by atoms with Crippen LogP contribution in [0.15, 0.2) is 36.4 Å². The first-order chi connectivity index (χ1) is 10.9. The molecule has 1 heterocycles. The van der Waals surface area contributed by atoms with Gasteiger partial charge < -0.3 is 10.2 Å². The molecule has 1 aliphatic rings. The van der Waals surface area contributed by atoms with E-state index in [1.807, 2.05) is 17.0 Å². The molecule has 1 aromatic carbocycles. The smallest absolute Gasteiger partial charge is 0.219 e. The van der Waals surface area contributed by atoms with Gasteiger partial charge in [0.15, 0.2) is 0 Å². The molecule has 0 unspecified atom stereocenters. The molecule has 0 radical (unpaired) electrons. The van der Waals surface area contributed by atoms with Gasteiger partial charge in [-0.1, -0.05) is 49.7 Å². The van der Waals surface area contributed by atoms with Crippen LogP contribution < -0.4 is 5.32 Å². The maximum absolute atomic E-state index is 11.5. The molecule has 0 aromatic heterocycles. The van der Waals surface area contributed by atoms with Crippen LogP contribution in [-0.2, 0) is 4.79 Å². The van der Waals surface area contributed by atoms with Crippen LogP contribution in [0.2, 0.25) is 5.02 Å². The topological polar surface area (TPSA) is 32.3 Å². The normalized spacial score (nSPS) is 19.2. The van der Waals surface area contributed by atoms with E-state index in [9.17, 15) is 4.79 Å². The van der Waals surface area contributed by atoms with Crippen molar-refractivity contribution in [2.45, 2.75) is 39.2 Å². The third-order valence-corrected chi connectivity index (χ3v) is 4.96. The van der Waals surface area contributed by atoms with Gasteiger partial charge in [-0.25, -0.2) is 0 Å². The van der Waals surface area contributed by atoms with Crippen LogP contribution in [-0.4, -0.2) is 36.5 Å². The van der Waals surface area contributed by atoms with Gasteiger partial charge in [0.2, 0.25) is 5.91 Å². The summed E-state index contributed by atoms with van der Waals surface area (Å²) < 4.78 is 0. The average Bonchev–Trinajstić information content (AvgIpc) is 2.98. The Morgan fingerprint density at radius 3 is 2.57 bits per heavy atom. The van der Waals surface area contributed by atoms with Crippen LogP contribution in [0.25, 0.3) is 0 Å². The highest BCUT2D eigenvalue weighted by atomic mass is 35.5. The fourth-order valence-corrected chi connectivity index (χ4v) is 3.18. The molecule has 1 amide bonds. The minimum absolute atomic E-state index is 0.162. The molecule has 1 N–H and O–H groups in total. The van der Waals surface area contributed by atoms with Crippen molar-refractivity contribution in [3.8, 4) is 0 Å². The van der Waals surface area contributed by atoms with Gasteiger partial charge in [0, 0.05) is 43.5 Å². The predicted octanol–water partition coefficient (Wildman–Crippen LogP) is 3.85. The summed E-state index contributed by atoms with van der Waals surface area (Å²) in [6, 6.07) is 8.40. The summed E-state index contributed by atoms with van der Waals surface area (Å²) in [5.41, 5.74) is 2.46. The number of benzene rings is 1. The molecular weight excluding hydrogens is 308 g/mol. The molecule has 2 atom stereocenters. The summed E-state index contributed by atoms with van der Waals surface area (Å²) in [4.78, 5) is 13.4. The highest BCUT2D eigenvalue weighted by Crippen LogP contribution is 2.29. The monoisotopic (exact) mass is 334 g/mol. The summed E-state index contributed by atoms with van der Waals surface area (Å²) in [5.74, 6) is 0.851. The highest BCUT2D eigenvalue weighted by Gasteiger charge is 2.25. The lowest BCUT2D eigenvalue weighted by molar-refractivity contribution is -0.127. The molecule has 0 bridgehead atoms. The van der Waals surface area contributed by atoms with Crippen LogP contribution in [0.4, 0.5) is 0 Å². The molecule has 3 nitrogen and oxygen atoms in total. The third kappa shape index (κ3) is 4.82. The van der Waals surface area contributed by atoms with E-state index in [-0.39, 0.29) is 11.8 Å². The predicted molar refractivity (Wildman–Crippen MR) is 96.8 cm³/mol. The number of hydrogen-bond donors (Lipinski definition) is 1. The second-order valence-corrected chi connectivity index (χ2v) is 7.13. The van der Waals surface area contributed by atoms with E-state index in [4.69, 9.17) is 11.6 Å². The van der Waals surface area contributed by atoms with E-state index in [1.54, 1.807) is 6.92 Å². The Labute approximate surface area is 144 Å². The number of rotatable bonds is 6. The third-order valence-electron chi connectivity index (χ3n) is 4.71. The quantitative estimate of drug-likeness (QED) is 0.801. The van der Waals surface area contributed by atoms with Crippen molar-refractivity contribution >= 4 is 17.5 Å². The van der Waals surface area contributed by atoms with Gasteiger partial charge in [-0.05, 0) is 30.0 Å². The molecule has 1 saturated heterocycles. The maximum Gasteiger partial charge on any atom is 0.219 e. The SMILES string of the molecule is C=C(C(C)C)[C@H](CN[C@@H]1CCN(C(C)=O)C1)c1ccc(Cl)cc1. The number of carbonyl (C=O) groups excluding carboxylic acids is 1. The fourth-order valence-electron chi connectivity index (χ4n) is 3.06.